The van der Waals surface area contributed by atoms with Gasteiger partial charge < -0.3 is 10.6 Å². The molecule has 1 atom stereocenters. The maximum absolute atomic E-state index is 11.3. The van der Waals surface area contributed by atoms with E-state index in [1.807, 2.05) is 37.3 Å². The Morgan fingerprint density at radius 3 is 2.62 bits per heavy atom. The number of benzene rings is 1. The maximum atomic E-state index is 11.3. The molecule has 0 fully saturated rings. The van der Waals surface area contributed by atoms with Gasteiger partial charge in [-0.3, -0.25) is 0 Å². The van der Waals surface area contributed by atoms with Crippen LogP contribution in [0.1, 0.15) is 23.7 Å². The molecule has 0 saturated heterocycles. The first-order chi connectivity index (χ1) is 7.74. The predicted molar refractivity (Wildman–Crippen MR) is 69.8 cm³/mol. The van der Waals surface area contributed by atoms with Gasteiger partial charge in [0.1, 0.15) is 0 Å². The van der Waals surface area contributed by atoms with Gasteiger partial charge in [0, 0.05) is 13.1 Å². The number of hydrogen-bond acceptors (Lipinski definition) is 1. The Balaban J connectivity index is 2.30. The van der Waals surface area contributed by atoms with Crippen molar-refractivity contribution in [2.45, 2.75) is 18.2 Å². The zero-order chi connectivity index (χ0) is 11.8. The summed E-state index contributed by atoms with van der Waals surface area (Å²) < 4.78 is 0. The largest absolute Gasteiger partial charge is 0.338 e. The lowest BCUT2D eigenvalue weighted by Crippen LogP contribution is -2.37. The molecular formula is C12H17BrN2O. The number of halogens is 1. The zero-order valence-electron chi connectivity index (χ0n) is 9.37. The summed E-state index contributed by atoms with van der Waals surface area (Å²) in [6.07, 6.45) is 0.948. The SMILES string of the molecule is CCCNC(=O)NCC(Br)c1ccccc1. The highest BCUT2D eigenvalue weighted by molar-refractivity contribution is 9.09. The van der Waals surface area contributed by atoms with Crippen molar-refractivity contribution in [3.05, 3.63) is 35.9 Å². The standard InChI is InChI=1S/C12H17BrN2O/c1-2-8-14-12(16)15-9-11(13)10-6-4-3-5-7-10/h3-7,11H,2,8-9H2,1H3,(H2,14,15,16). The van der Waals surface area contributed by atoms with Gasteiger partial charge in [0.25, 0.3) is 0 Å². The Hall–Kier alpha value is -1.03. The van der Waals surface area contributed by atoms with E-state index < -0.39 is 0 Å². The first-order valence-electron chi connectivity index (χ1n) is 5.44. The van der Waals surface area contributed by atoms with Crippen LogP contribution in [-0.2, 0) is 0 Å². The van der Waals surface area contributed by atoms with E-state index >= 15 is 0 Å². The molecule has 2 N–H and O–H groups in total. The Bertz CT molecular complexity index is 316. The molecule has 0 saturated carbocycles. The molecule has 1 aromatic carbocycles. The van der Waals surface area contributed by atoms with Crippen LogP contribution in [0.25, 0.3) is 0 Å². The number of carbonyl (C=O) groups excluding carboxylic acids is 1. The molecule has 0 aliphatic carbocycles. The monoisotopic (exact) mass is 284 g/mol. The predicted octanol–water partition coefficient (Wildman–Crippen LogP) is 2.83. The summed E-state index contributed by atoms with van der Waals surface area (Å²) >= 11 is 3.54. The average molecular weight is 285 g/mol. The second-order valence-corrected chi connectivity index (χ2v) is 4.62. The second kappa shape index (κ2) is 7.28. The van der Waals surface area contributed by atoms with Crippen molar-refractivity contribution in [3.8, 4) is 0 Å². The van der Waals surface area contributed by atoms with Crippen molar-refractivity contribution in [2.24, 2.45) is 0 Å². The molecule has 88 valence electrons. The summed E-state index contributed by atoms with van der Waals surface area (Å²) in [4.78, 5) is 11.4. The van der Waals surface area contributed by atoms with Crippen molar-refractivity contribution < 1.29 is 4.79 Å². The van der Waals surface area contributed by atoms with E-state index in [0.29, 0.717) is 13.1 Å². The van der Waals surface area contributed by atoms with Gasteiger partial charge in [-0.1, -0.05) is 53.2 Å². The molecular weight excluding hydrogens is 268 g/mol. The maximum Gasteiger partial charge on any atom is 0.314 e. The Kier molecular flexibility index (Phi) is 5.93. The molecule has 0 spiro atoms. The number of hydrogen-bond donors (Lipinski definition) is 2. The van der Waals surface area contributed by atoms with Crippen LogP contribution in [0.4, 0.5) is 4.79 Å². The van der Waals surface area contributed by atoms with E-state index in [-0.39, 0.29) is 10.9 Å². The first kappa shape index (κ1) is 13.0. The fourth-order valence-corrected chi connectivity index (χ4v) is 1.73. The van der Waals surface area contributed by atoms with Crippen LogP contribution in [-0.4, -0.2) is 19.1 Å². The molecule has 0 heterocycles. The smallest absolute Gasteiger partial charge is 0.314 e. The van der Waals surface area contributed by atoms with Crippen LogP contribution in [0.3, 0.4) is 0 Å². The molecule has 1 unspecified atom stereocenters. The lowest BCUT2D eigenvalue weighted by molar-refractivity contribution is 0.241. The number of urea groups is 1. The molecule has 0 aliphatic heterocycles. The topological polar surface area (TPSA) is 41.1 Å². The van der Waals surface area contributed by atoms with Crippen molar-refractivity contribution in [1.82, 2.24) is 10.6 Å². The van der Waals surface area contributed by atoms with Crippen LogP contribution in [0.15, 0.2) is 30.3 Å². The van der Waals surface area contributed by atoms with Gasteiger partial charge in [-0.25, -0.2) is 4.79 Å². The van der Waals surface area contributed by atoms with Gasteiger partial charge in [0.05, 0.1) is 4.83 Å². The lowest BCUT2D eigenvalue weighted by Gasteiger charge is -2.12. The van der Waals surface area contributed by atoms with E-state index in [2.05, 4.69) is 26.6 Å². The van der Waals surface area contributed by atoms with Crippen molar-refractivity contribution in [1.29, 1.82) is 0 Å². The molecule has 4 heteroatoms. The highest BCUT2D eigenvalue weighted by Crippen LogP contribution is 2.20. The number of nitrogens with one attached hydrogen (secondary N) is 2. The quantitative estimate of drug-likeness (QED) is 0.802. The van der Waals surface area contributed by atoms with Gasteiger partial charge >= 0.3 is 6.03 Å². The highest BCUT2D eigenvalue weighted by Gasteiger charge is 2.07. The van der Waals surface area contributed by atoms with E-state index in [0.717, 1.165) is 6.42 Å². The number of carbonyl (C=O) groups is 1. The minimum absolute atomic E-state index is 0.109. The van der Waals surface area contributed by atoms with Crippen LogP contribution in [0.2, 0.25) is 0 Å². The number of rotatable bonds is 5. The minimum Gasteiger partial charge on any atom is -0.338 e. The van der Waals surface area contributed by atoms with Gasteiger partial charge in [0.2, 0.25) is 0 Å². The number of amides is 2. The molecule has 0 aliphatic rings. The van der Waals surface area contributed by atoms with Crippen LogP contribution in [0, 0.1) is 0 Å². The summed E-state index contributed by atoms with van der Waals surface area (Å²) in [7, 11) is 0. The molecule has 0 aromatic heterocycles. The normalized spacial score (nSPS) is 11.9. The highest BCUT2D eigenvalue weighted by atomic mass is 79.9. The molecule has 3 nitrogen and oxygen atoms in total. The molecule has 0 bridgehead atoms. The minimum atomic E-state index is -0.109. The summed E-state index contributed by atoms with van der Waals surface area (Å²) in [6.45, 7) is 3.32. The fraction of sp³-hybridized carbons (Fsp3) is 0.417. The second-order valence-electron chi connectivity index (χ2n) is 3.52. The van der Waals surface area contributed by atoms with Crippen LogP contribution >= 0.6 is 15.9 Å². The van der Waals surface area contributed by atoms with Crippen molar-refractivity contribution >= 4 is 22.0 Å². The summed E-state index contributed by atoms with van der Waals surface area (Å²) in [5.41, 5.74) is 1.17. The lowest BCUT2D eigenvalue weighted by atomic mass is 10.1. The summed E-state index contributed by atoms with van der Waals surface area (Å²) in [5, 5.41) is 5.59. The van der Waals surface area contributed by atoms with Gasteiger partial charge in [0.15, 0.2) is 0 Å². The fourth-order valence-electron chi connectivity index (χ4n) is 1.26. The van der Waals surface area contributed by atoms with Crippen molar-refractivity contribution in [2.75, 3.05) is 13.1 Å². The first-order valence-corrected chi connectivity index (χ1v) is 6.36. The third kappa shape index (κ3) is 4.66. The van der Waals surface area contributed by atoms with E-state index in [1.54, 1.807) is 0 Å². The molecule has 1 aromatic rings. The van der Waals surface area contributed by atoms with Crippen molar-refractivity contribution in [3.63, 3.8) is 0 Å². The number of alkyl halides is 1. The van der Waals surface area contributed by atoms with Gasteiger partial charge in [-0.15, -0.1) is 0 Å². The van der Waals surface area contributed by atoms with Crippen LogP contribution in [0.5, 0.6) is 0 Å². The Labute approximate surface area is 105 Å². The van der Waals surface area contributed by atoms with E-state index in [4.69, 9.17) is 0 Å². The summed E-state index contributed by atoms with van der Waals surface area (Å²) in [5.74, 6) is 0. The Morgan fingerprint density at radius 1 is 1.31 bits per heavy atom. The van der Waals surface area contributed by atoms with Gasteiger partial charge in [-0.2, -0.15) is 0 Å². The van der Waals surface area contributed by atoms with E-state index in [1.165, 1.54) is 5.56 Å². The zero-order valence-corrected chi connectivity index (χ0v) is 11.0. The van der Waals surface area contributed by atoms with Gasteiger partial charge in [-0.05, 0) is 12.0 Å². The summed E-state index contributed by atoms with van der Waals surface area (Å²) in [6, 6.07) is 9.91. The average Bonchev–Trinajstić information content (AvgIpc) is 2.34. The third-order valence-electron chi connectivity index (χ3n) is 2.14. The van der Waals surface area contributed by atoms with E-state index in [9.17, 15) is 4.79 Å². The molecule has 2 amide bonds. The molecule has 1 rings (SSSR count). The van der Waals surface area contributed by atoms with Crippen LogP contribution < -0.4 is 10.6 Å². The Morgan fingerprint density at radius 2 is 2.00 bits per heavy atom. The molecule has 0 radical (unpaired) electrons. The molecule has 16 heavy (non-hydrogen) atoms. The third-order valence-corrected chi connectivity index (χ3v) is 2.99.